The van der Waals surface area contributed by atoms with E-state index >= 15 is 0 Å². The molecule has 1 aromatic rings. The van der Waals surface area contributed by atoms with Crippen LogP contribution in [0.4, 0.5) is 5.82 Å². The lowest BCUT2D eigenvalue weighted by Crippen LogP contribution is -2.29. The second kappa shape index (κ2) is 5.29. The molecule has 0 aliphatic heterocycles. The SMILES string of the molecule is C=C(C)CN(CC)c1nc[nH]c(=O)c1I. The van der Waals surface area contributed by atoms with Gasteiger partial charge in [-0.2, -0.15) is 0 Å². The maximum absolute atomic E-state index is 11.4. The lowest BCUT2D eigenvalue weighted by Gasteiger charge is -2.22. The van der Waals surface area contributed by atoms with Gasteiger partial charge in [0.05, 0.1) is 6.33 Å². The van der Waals surface area contributed by atoms with Crippen molar-refractivity contribution in [2.24, 2.45) is 0 Å². The van der Waals surface area contributed by atoms with Crippen molar-refractivity contribution in [3.8, 4) is 0 Å². The van der Waals surface area contributed by atoms with Crippen molar-refractivity contribution in [1.29, 1.82) is 0 Å². The van der Waals surface area contributed by atoms with Crippen molar-refractivity contribution >= 4 is 28.4 Å². The summed E-state index contributed by atoms with van der Waals surface area (Å²) in [4.78, 5) is 20.2. The molecule has 0 bridgehead atoms. The van der Waals surface area contributed by atoms with E-state index in [-0.39, 0.29) is 5.56 Å². The molecule has 0 radical (unpaired) electrons. The number of nitrogens with one attached hydrogen (secondary N) is 1. The van der Waals surface area contributed by atoms with Gasteiger partial charge in [-0.25, -0.2) is 4.98 Å². The number of likely N-dealkylation sites (N-methyl/N-ethyl adjacent to an activating group) is 1. The summed E-state index contributed by atoms with van der Waals surface area (Å²) in [5.41, 5.74) is 0.954. The van der Waals surface area contributed by atoms with Crippen LogP contribution in [0, 0.1) is 3.57 Å². The van der Waals surface area contributed by atoms with E-state index in [0.29, 0.717) is 3.57 Å². The smallest absolute Gasteiger partial charge is 0.266 e. The number of hydrogen-bond donors (Lipinski definition) is 1. The van der Waals surface area contributed by atoms with Crippen molar-refractivity contribution in [2.75, 3.05) is 18.0 Å². The highest BCUT2D eigenvalue weighted by Gasteiger charge is 2.11. The number of halogens is 1. The third-order valence-electron chi connectivity index (χ3n) is 1.92. The molecular formula is C10H14IN3O. The first-order valence-corrected chi connectivity index (χ1v) is 5.76. The lowest BCUT2D eigenvalue weighted by molar-refractivity contribution is 0.846. The van der Waals surface area contributed by atoms with Crippen LogP contribution in [0.25, 0.3) is 0 Å². The van der Waals surface area contributed by atoms with Crippen LogP contribution in [0.1, 0.15) is 13.8 Å². The molecule has 0 atom stereocenters. The van der Waals surface area contributed by atoms with Gasteiger partial charge in [-0.1, -0.05) is 12.2 Å². The van der Waals surface area contributed by atoms with Crippen LogP contribution in [0.3, 0.4) is 0 Å². The van der Waals surface area contributed by atoms with Gasteiger partial charge in [0, 0.05) is 13.1 Å². The van der Waals surface area contributed by atoms with E-state index in [1.807, 2.05) is 41.3 Å². The van der Waals surface area contributed by atoms with E-state index in [9.17, 15) is 4.79 Å². The molecule has 15 heavy (non-hydrogen) atoms. The second-order valence-corrected chi connectivity index (χ2v) is 4.42. The van der Waals surface area contributed by atoms with Crippen LogP contribution in [-0.2, 0) is 0 Å². The van der Waals surface area contributed by atoms with E-state index in [4.69, 9.17) is 0 Å². The Kier molecular flexibility index (Phi) is 4.31. The Labute approximate surface area is 103 Å². The number of aromatic amines is 1. The molecule has 0 unspecified atom stereocenters. The minimum absolute atomic E-state index is 0.0965. The Balaban J connectivity index is 3.07. The number of aromatic nitrogens is 2. The van der Waals surface area contributed by atoms with Gasteiger partial charge in [-0.3, -0.25) is 4.79 Å². The fourth-order valence-electron chi connectivity index (χ4n) is 1.26. The predicted octanol–water partition coefficient (Wildman–Crippen LogP) is 1.78. The van der Waals surface area contributed by atoms with Crippen LogP contribution in [0.15, 0.2) is 23.3 Å². The summed E-state index contributed by atoms with van der Waals surface area (Å²) in [6, 6.07) is 0. The zero-order valence-corrected chi connectivity index (χ0v) is 11.0. The standard InChI is InChI=1S/C10H14IN3O/c1-4-14(5-7(2)3)9-8(11)10(15)13-6-12-9/h6H,2,4-5H2,1,3H3,(H,12,13,15). The molecular weight excluding hydrogens is 305 g/mol. The molecule has 1 aromatic heterocycles. The summed E-state index contributed by atoms with van der Waals surface area (Å²) in [5.74, 6) is 0.727. The summed E-state index contributed by atoms with van der Waals surface area (Å²) in [5, 5.41) is 0. The van der Waals surface area contributed by atoms with Crippen molar-refractivity contribution in [3.63, 3.8) is 0 Å². The average Bonchev–Trinajstić information content (AvgIpc) is 2.19. The van der Waals surface area contributed by atoms with Crippen molar-refractivity contribution < 1.29 is 0 Å². The van der Waals surface area contributed by atoms with E-state index in [0.717, 1.165) is 24.5 Å². The highest BCUT2D eigenvalue weighted by atomic mass is 127. The summed E-state index contributed by atoms with van der Waals surface area (Å²) in [6.07, 6.45) is 1.43. The Hall–Kier alpha value is -0.850. The van der Waals surface area contributed by atoms with E-state index in [1.54, 1.807) is 0 Å². The predicted molar refractivity (Wildman–Crippen MR) is 70.3 cm³/mol. The first-order valence-electron chi connectivity index (χ1n) is 4.68. The molecule has 0 saturated heterocycles. The van der Waals surface area contributed by atoms with Crippen molar-refractivity contribution in [1.82, 2.24) is 9.97 Å². The van der Waals surface area contributed by atoms with Gasteiger partial charge in [0.25, 0.3) is 5.56 Å². The quantitative estimate of drug-likeness (QED) is 0.680. The Morgan fingerprint density at radius 3 is 2.93 bits per heavy atom. The van der Waals surface area contributed by atoms with Crippen LogP contribution in [0.5, 0.6) is 0 Å². The van der Waals surface area contributed by atoms with E-state index in [2.05, 4.69) is 16.5 Å². The summed E-state index contributed by atoms with van der Waals surface area (Å²) >= 11 is 2.01. The second-order valence-electron chi connectivity index (χ2n) is 3.34. The van der Waals surface area contributed by atoms with Gasteiger partial charge >= 0.3 is 0 Å². The number of rotatable bonds is 4. The highest BCUT2D eigenvalue weighted by Crippen LogP contribution is 2.15. The monoisotopic (exact) mass is 319 g/mol. The lowest BCUT2D eigenvalue weighted by atomic mass is 10.3. The molecule has 1 N–H and O–H groups in total. The molecule has 0 spiro atoms. The van der Waals surface area contributed by atoms with Crippen LogP contribution in [0.2, 0.25) is 0 Å². The van der Waals surface area contributed by atoms with Gasteiger partial charge in [0.1, 0.15) is 9.39 Å². The molecule has 0 aliphatic rings. The molecule has 82 valence electrons. The number of anilines is 1. The number of hydrogen-bond acceptors (Lipinski definition) is 3. The van der Waals surface area contributed by atoms with Gasteiger partial charge in [-0.05, 0) is 36.4 Å². The van der Waals surface area contributed by atoms with Crippen molar-refractivity contribution in [2.45, 2.75) is 13.8 Å². The molecule has 4 nitrogen and oxygen atoms in total. The van der Waals surface area contributed by atoms with Gasteiger partial charge in [0.2, 0.25) is 0 Å². The maximum atomic E-state index is 11.4. The molecule has 1 rings (SSSR count). The Bertz CT molecular complexity index is 413. The maximum Gasteiger partial charge on any atom is 0.266 e. The molecule has 0 aromatic carbocycles. The Morgan fingerprint density at radius 1 is 1.73 bits per heavy atom. The highest BCUT2D eigenvalue weighted by molar-refractivity contribution is 14.1. The third kappa shape index (κ3) is 3.05. The zero-order valence-electron chi connectivity index (χ0n) is 8.88. The Morgan fingerprint density at radius 2 is 2.40 bits per heavy atom. The minimum atomic E-state index is -0.0965. The molecule has 0 aliphatic carbocycles. The largest absolute Gasteiger partial charge is 0.352 e. The van der Waals surface area contributed by atoms with Gasteiger partial charge in [-0.15, -0.1) is 0 Å². The number of H-pyrrole nitrogens is 1. The van der Waals surface area contributed by atoms with E-state index in [1.165, 1.54) is 6.33 Å². The van der Waals surface area contributed by atoms with Crippen LogP contribution in [-0.4, -0.2) is 23.1 Å². The summed E-state index contributed by atoms with van der Waals surface area (Å²) < 4.78 is 0.623. The van der Waals surface area contributed by atoms with E-state index < -0.39 is 0 Å². The van der Waals surface area contributed by atoms with Crippen LogP contribution < -0.4 is 10.5 Å². The first-order chi connectivity index (χ1) is 7.06. The third-order valence-corrected chi connectivity index (χ3v) is 2.89. The molecule has 0 amide bonds. The molecule has 0 fully saturated rings. The molecule has 0 saturated carbocycles. The fraction of sp³-hybridized carbons (Fsp3) is 0.400. The zero-order chi connectivity index (χ0) is 11.4. The van der Waals surface area contributed by atoms with Gasteiger partial charge < -0.3 is 9.88 Å². The van der Waals surface area contributed by atoms with Crippen LogP contribution >= 0.6 is 22.6 Å². The topological polar surface area (TPSA) is 49.0 Å². The molecule has 5 heteroatoms. The average molecular weight is 319 g/mol. The fourth-order valence-corrected chi connectivity index (χ4v) is 1.89. The first kappa shape index (κ1) is 12.2. The summed E-state index contributed by atoms with van der Waals surface area (Å²) in [7, 11) is 0. The summed E-state index contributed by atoms with van der Waals surface area (Å²) in [6.45, 7) is 9.38. The minimum Gasteiger partial charge on any atom is -0.352 e. The molecule has 1 heterocycles. The van der Waals surface area contributed by atoms with Crippen molar-refractivity contribution in [3.05, 3.63) is 32.4 Å². The van der Waals surface area contributed by atoms with Gasteiger partial charge in [0.15, 0.2) is 0 Å². The normalized spacial score (nSPS) is 10.1. The number of nitrogens with zero attached hydrogens (tertiary/aromatic N) is 2.